The van der Waals surface area contributed by atoms with E-state index in [0.717, 1.165) is 28.8 Å². The van der Waals surface area contributed by atoms with Gasteiger partial charge < -0.3 is 14.6 Å². The molecule has 114 valence electrons. The van der Waals surface area contributed by atoms with Gasteiger partial charge >= 0.3 is 0 Å². The van der Waals surface area contributed by atoms with Gasteiger partial charge in [0.25, 0.3) is 0 Å². The van der Waals surface area contributed by atoms with Crippen LogP contribution in [0.3, 0.4) is 0 Å². The highest BCUT2D eigenvalue weighted by Gasteiger charge is 2.22. The second kappa shape index (κ2) is 5.76. The van der Waals surface area contributed by atoms with E-state index < -0.39 is 0 Å². The first-order valence-corrected chi connectivity index (χ1v) is 7.13. The van der Waals surface area contributed by atoms with Crippen molar-refractivity contribution in [3.8, 4) is 0 Å². The third-order valence-electron chi connectivity index (χ3n) is 3.36. The van der Waals surface area contributed by atoms with E-state index in [-0.39, 0.29) is 5.41 Å². The molecule has 0 spiro atoms. The first kappa shape index (κ1) is 15.4. The summed E-state index contributed by atoms with van der Waals surface area (Å²) in [6, 6.07) is 3.87. The Kier molecular flexibility index (Phi) is 4.21. The lowest BCUT2D eigenvalue weighted by Crippen LogP contribution is -2.24. The van der Waals surface area contributed by atoms with E-state index in [1.54, 1.807) is 6.26 Å². The number of nitrogens with zero attached hydrogens (tertiary/aromatic N) is 3. The molecule has 1 N–H and O–H groups in total. The zero-order chi connectivity index (χ0) is 15.6. The highest BCUT2D eigenvalue weighted by molar-refractivity contribution is 5.58. The first-order valence-electron chi connectivity index (χ1n) is 7.13. The summed E-state index contributed by atoms with van der Waals surface area (Å²) >= 11 is 0. The third-order valence-corrected chi connectivity index (χ3v) is 3.36. The molecule has 2 rings (SSSR count). The van der Waals surface area contributed by atoms with Gasteiger partial charge in [0.1, 0.15) is 23.2 Å². The lowest BCUT2D eigenvalue weighted by Gasteiger charge is -2.24. The van der Waals surface area contributed by atoms with Gasteiger partial charge in [-0.25, -0.2) is 9.97 Å². The Labute approximate surface area is 126 Å². The molecule has 2 aromatic heterocycles. The summed E-state index contributed by atoms with van der Waals surface area (Å²) in [6.07, 6.45) is 1.69. The van der Waals surface area contributed by atoms with Crippen molar-refractivity contribution in [2.24, 2.45) is 0 Å². The van der Waals surface area contributed by atoms with E-state index >= 15 is 0 Å². The monoisotopic (exact) mass is 288 g/mol. The number of anilines is 2. The minimum atomic E-state index is -0.0976. The van der Waals surface area contributed by atoms with Crippen LogP contribution in [0, 0.1) is 6.92 Å². The van der Waals surface area contributed by atoms with Crippen LogP contribution < -0.4 is 10.2 Å². The molecule has 0 saturated heterocycles. The largest absolute Gasteiger partial charge is 0.467 e. The summed E-state index contributed by atoms with van der Waals surface area (Å²) in [5.41, 5.74) is 0.944. The fraction of sp³-hybridized carbons (Fsp3) is 0.500. The van der Waals surface area contributed by atoms with Crippen LogP contribution in [0.1, 0.15) is 37.9 Å². The SMILES string of the molecule is CNc1nc(C(C)(C)C)nc(N(C)Cc2ccco2)c1C. The molecule has 0 radical (unpaired) electrons. The Morgan fingerprint density at radius 2 is 2.00 bits per heavy atom. The number of rotatable bonds is 4. The number of hydrogen-bond acceptors (Lipinski definition) is 5. The average Bonchev–Trinajstić information content (AvgIpc) is 2.90. The zero-order valence-electron chi connectivity index (χ0n) is 13.7. The fourth-order valence-corrected chi connectivity index (χ4v) is 2.17. The zero-order valence-corrected chi connectivity index (χ0v) is 13.7. The molecule has 0 amide bonds. The van der Waals surface area contributed by atoms with Crippen molar-refractivity contribution >= 4 is 11.6 Å². The van der Waals surface area contributed by atoms with Crippen LogP contribution in [0.25, 0.3) is 0 Å². The maximum atomic E-state index is 5.42. The maximum Gasteiger partial charge on any atom is 0.138 e. The van der Waals surface area contributed by atoms with E-state index in [0.29, 0.717) is 6.54 Å². The molecule has 0 aliphatic rings. The molecule has 5 nitrogen and oxygen atoms in total. The van der Waals surface area contributed by atoms with E-state index in [4.69, 9.17) is 9.40 Å². The van der Waals surface area contributed by atoms with Crippen molar-refractivity contribution in [3.63, 3.8) is 0 Å². The van der Waals surface area contributed by atoms with Gasteiger partial charge in [0.15, 0.2) is 0 Å². The summed E-state index contributed by atoms with van der Waals surface area (Å²) in [5, 5.41) is 3.16. The van der Waals surface area contributed by atoms with E-state index in [2.05, 4.69) is 36.0 Å². The van der Waals surface area contributed by atoms with Gasteiger partial charge in [-0.3, -0.25) is 0 Å². The smallest absolute Gasteiger partial charge is 0.138 e. The van der Waals surface area contributed by atoms with Crippen LogP contribution in [-0.4, -0.2) is 24.1 Å². The standard InChI is InChI=1S/C16H24N4O/c1-11-13(17-5)18-15(16(2,3)4)19-14(11)20(6)10-12-8-7-9-21-12/h7-9H,10H2,1-6H3,(H,17,18,19). The summed E-state index contributed by atoms with van der Waals surface area (Å²) in [4.78, 5) is 11.5. The fourth-order valence-electron chi connectivity index (χ4n) is 2.17. The molecular weight excluding hydrogens is 264 g/mol. The van der Waals surface area contributed by atoms with Gasteiger partial charge in [-0.2, -0.15) is 0 Å². The van der Waals surface area contributed by atoms with Gasteiger partial charge in [0.2, 0.25) is 0 Å². The third kappa shape index (κ3) is 3.35. The van der Waals surface area contributed by atoms with Gasteiger partial charge in [-0.15, -0.1) is 0 Å². The Bertz CT molecular complexity index is 599. The second-order valence-electron chi connectivity index (χ2n) is 6.28. The van der Waals surface area contributed by atoms with E-state index in [1.807, 2.05) is 33.2 Å². The molecule has 0 saturated carbocycles. The van der Waals surface area contributed by atoms with Gasteiger partial charge in [0, 0.05) is 25.1 Å². The average molecular weight is 288 g/mol. The van der Waals surface area contributed by atoms with Crippen molar-refractivity contribution in [1.29, 1.82) is 0 Å². The molecule has 5 heteroatoms. The Balaban J connectivity index is 2.41. The summed E-state index contributed by atoms with van der Waals surface area (Å²) in [7, 11) is 3.90. The quantitative estimate of drug-likeness (QED) is 0.935. The molecule has 0 aromatic carbocycles. The van der Waals surface area contributed by atoms with Gasteiger partial charge in [-0.05, 0) is 19.1 Å². The predicted molar refractivity (Wildman–Crippen MR) is 85.8 cm³/mol. The summed E-state index contributed by atoms with van der Waals surface area (Å²) in [6.45, 7) is 9.07. The lowest BCUT2D eigenvalue weighted by molar-refractivity contribution is 0.505. The molecule has 2 aromatic rings. The number of hydrogen-bond donors (Lipinski definition) is 1. The van der Waals surface area contributed by atoms with Crippen molar-refractivity contribution in [2.75, 3.05) is 24.3 Å². The minimum absolute atomic E-state index is 0.0976. The van der Waals surface area contributed by atoms with Gasteiger partial charge in [-0.1, -0.05) is 20.8 Å². The Morgan fingerprint density at radius 3 is 2.52 bits per heavy atom. The molecule has 0 atom stereocenters. The lowest BCUT2D eigenvalue weighted by atomic mass is 9.95. The Hall–Kier alpha value is -2.04. The second-order valence-corrected chi connectivity index (χ2v) is 6.28. The Morgan fingerprint density at radius 1 is 1.29 bits per heavy atom. The summed E-state index contributed by atoms with van der Waals surface area (Å²) in [5.74, 6) is 3.55. The first-order chi connectivity index (χ1) is 9.82. The number of nitrogens with one attached hydrogen (secondary N) is 1. The van der Waals surface area contributed by atoms with Crippen molar-refractivity contribution in [1.82, 2.24) is 9.97 Å². The number of furan rings is 1. The van der Waals surface area contributed by atoms with Gasteiger partial charge in [0.05, 0.1) is 12.8 Å². The molecular formula is C16H24N4O. The molecule has 0 aliphatic carbocycles. The molecule has 2 heterocycles. The highest BCUT2D eigenvalue weighted by atomic mass is 16.3. The maximum absolute atomic E-state index is 5.42. The summed E-state index contributed by atoms with van der Waals surface area (Å²) < 4.78 is 5.42. The van der Waals surface area contributed by atoms with Crippen LogP contribution in [0.5, 0.6) is 0 Å². The van der Waals surface area contributed by atoms with Crippen LogP contribution >= 0.6 is 0 Å². The van der Waals surface area contributed by atoms with Crippen LogP contribution in [0.4, 0.5) is 11.6 Å². The molecule has 0 aliphatic heterocycles. The molecule has 0 fully saturated rings. The van der Waals surface area contributed by atoms with Crippen molar-refractivity contribution in [3.05, 3.63) is 35.5 Å². The van der Waals surface area contributed by atoms with Crippen molar-refractivity contribution < 1.29 is 4.42 Å². The van der Waals surface area contributed by atoms with E-state index in [1.165, 1.54) is 0 Å². The topological polar surface area (TPSA) is 54.2 Å². The minimum Gasteiger partial charge on any atom is -0.467 e. The molecule has 0 unspecified atom stereocenters. The van der Waals surface area contributed by atoms with Crippen LogP contribution in [0.2, 0.25) is 0 Å². The highest BCUT2D eigenvalue weighted by Crippen LogP contribution is 2.28. The normalized spacial score (nSPS) is 11.5. The van der Waals surface area contributed by atoms with Crippen LogP contribution in [0.15, 0.2) is 22.8 Å². The molecule has 21 heavy (non-hydrogen) atoms. The van der Waals surface area contributed by atoms with E-state index in [9.17, 15) is 0 Å². The van der Waals surface area contributed by atoms with Crippen LogP contribution in [-0.2, 0) is 12.0 Å². The molecule has 0 bridgehead atoms. The van der Waals surface area contributed by atoms with Crippen molar-refractivity contribution in [2.45, 2.75) is 39.7 Å². The predicted octanol–water partition coefficient (Wildman–Crippen LogP) is 3.35. The number of aromatic nitrogens is 2.